The van der Waals surface area contributed by atoms with Crippen LogP contribution in [0.3, 0.4) is 0 Å². The molecule has 0 spiro atoms. The van der Waals surface area contributed by atoms with Crippen LogP contribution in [-0.2, 0) is 0 Å². The molecule has 0 bridgehead atoms. The summed E-state index contributed by atoms with van der Waals surface area (Å²) in [6, 6.07) is 6.20. The molecule has 5 rings (SSSR count). The maximum Gasteiger partial charge on any atom is 0.274 e. The SMILES string of the molecule is Cc1ccc(-c2nccnc2C(=O)N(CCC2=CN=C3C2=CC=CC3C)CC2CC2)cc1C. The van der Waals surface area contributed by atoms with Gasteiger partial charge in [-0.25, -0.2) is 4.98 Å². The third kappa shape index (κ3) is 4.45. The van der Waals surface area contributed by atoms with E-state index in [0.29, 0.717) is 29.8 Å². The normalized spacial score (nSPS) is 19.0. The van der Waals surface area contributed by atoms with E-state index in [1.165, 1.54) is 35.1 Å². The van der Waals surface area contributed by atoms with Crippen LogP contribution in [0.5, 0.6) is 0 Å². The summed E-state index contributed by atoms with van der Waals surface area (Å²) in [6.07, 6.45) is 14.9. The number of aliphatic imine (C=N–C) groups is 1. The number of allylic oxidation sites excluding steroid dienone is 4. The Labute approximate surface area is 195 Å². The highest BCUT2D eigenvalue weighted by molar-refractivity contribution is 6.09. The van der Waals surface area contributed by atoms with Gasteiger partial charge in [-0.3, -0.25) is 14.8 Å². The quantitative estimate of drug-likeness (QED) is 0.576. The zero-order valence-corrected chi connectivity index (χ0v) is 19.6. The first-order valence-corrected chi connectivity index (χ1v) is 11.8. The van der Waals surface area contributed by atoms with Crippen LogP contribution in [0.15, 0.2) is 71.2 Å². The van der Waals surface area contributed by atoms with E-state index < -0.39 is 0 Å². The second-order valence-electron chi connectivity index (χ2n) is 9.42. The first-order valence-electron chi connectivity index (χ1n) is 11.8. The van der Waals surface area contributed by atoms with Gasteiger partial charge in [0.2, 0.25) is 0 Å². The van der Waals surface area contributed by atoms with Crippen LogP contribution < -0.4 is 0 Å². The lowest BCUT2D eigenvalue weighted by atomic mass is 9.89. The lowest BCUT2D eigenvalue weighted by molar-refractivity contribution is 0.0744. The Kier molecular flexibility index (Phi) is 5.79. The number of fused-ring (bicyclic) bond motifs is 1. The zero-order valence-electron chi connectivity index (χ0n) is 19.6. The standard InChI is InChI=1S/C28H30N4O/c1-18-7-10-22(15-20(18)3)26-27(30-13-12-29-26)28(33)32(17-21-8-9-21)14-11-23-16-31-25-19(2)5-4-6-24(23)25/h4-7,10,12-13,15-16,19,21H,8-9,11,14,17H2,1-3H3. The monoisotopic (exact) mass is 438 g/mol. The molecule has 5 nitrogen and oxygen atoms in total. The summed E-state index contributed by atoms with van der Waals surface area (Å²) < 4.78 is 0. The number of aromatic nitrogens is 2. The van der Waals surface area contributed by atoms with Crippen molar-refractivity contribution in [2.75, 3.05) is 13.1 Å². The van der Waals surface area contributed by atoms with E-state index in [1.54, 1.807) is 12.4 Å². The summed E-state index contributed by atoms with van der Waals surface area (Å²) in [5.41, 5.74) is 8.00. The van der Waals surface area contributed by atoms with Gasteiger partial charge < -0.3 is 4.90 Å². The van der Waals surface area contributed by atoms with Gasteiger partial charge in [0.1, 0.15) is 5.69 Å². The Balaban J connectivity index is 1.38. The lowest BCUT2D eigenvalue weighted by Crippen LogP contribution is -2.35. The highest BCUT2D eigenvalue weighted by Crippen LogP contribution is 2.33. The van der Waals surface area contributed by atoms with E-state index in [0.717, 1.165) is 24.2 Å². The van der Waals surface area contributed by atoms with Gasteiger partial charge in [-0.1, -0.05) is 37.3 Å². The maximum atomic E-state index is 13.7. The van der Waals surface area contributed by atoms with Crippen molar-refractivity contribution in [3.63, 3.8) is 0 Å². The van der Waals surface area contributed by atoms with Gasteiger partial charge in [0.25, 0.3) is 5.91 Å². The van der Waals surface area contributed by atoms with Gasteiger partial charge in [-0.2, -0.15) is 0 Å². The minimum Gasteiger partial charge on any atom is -0.337 e. The molecule has 1 saturated carbocycles. The van der Waals surface area contributed by atoms with Crippen LogP contribution in [0.4, 0.5) is 0 Å². The number of nitrogens with zero attached hydrogens (tertiary/aromatic N) is 4. The highest BCUT2D eigenvalue weighted by Gasteiger charge is 2.30. The zero-order chi connectivity index (χ0) is 22.9. The minimum atomic E-state index is -0.0335. The summed E-state index contributed by atoms with van der Waals surface area (Å²) in [5, 5.41) is 0. The molecule has 168 valence electrons. The first-order chi connectivity index (χ1) is 16.0. The van der Waals surface area contributed by atoms with Crippen molar-refractivity contribution in [3.05, 3.63) is 83.0 Å². The summed E-state index contributed by atoms with van der Waals surface area (Å²) in [5.74, 6) is 0.897. The molecule has 5 heteroatoms. The van der Waals surface area contributed by atoms with E-state index in [2.05, 4.69) is 66.1 Å². The molecular weight excluding hydrogens is 408 g/mol. The average molecular weight is 439 g/mol. The largest absolute Gasteiger partial charge is 0.337 e. The molecule has 1 amide bonds. The van der Waals surface area contributed by atoms with E-state index in [9.17, 15) is 4.79 Å². The maximum absolute atomic E-state index is 13.7. The number of carbonyl (C=O) groups is 1. The molecule has 1 atom stereocenters. The topological polar surface area (TPSA) is 58.5 Å². The second-order valence-corrected chi connectivity index (χ2v) is 9.42. The van der Waals surface area contributed by atoms with Crippen LogP contribution >= 0.6 is 0 Å². The number of aryl methyl sites for hydroxylation is 2. The molecule has 2 aromatic rings. The third-order valence-electron chi connectivity index (χ3n) is 6.87. The molecule has 0 N–H and O–H groups in total. The minimum absolute atomic E-state index is 0.0335. The van der Waals surface area contributed by atoms with Crippen molar-refractivity contribution in [2.45, 2.75) is 40.0 Å². The van der Waals surface area contributed by atoms with Gasteiger partial charge in [0.05, 0.1) is 5.71 Å². The van der Waals surface area contributed by atoms with E-state index in [1.807, 2.05) is 17.2 Å². The fourth-order valence-corrected chi connectivity index (χ4v) is 4.50. The first kappa shape index (κ1) is 21.5. The Bertz CT molecular complexity index is 1220. The Morgan fingerprint density at radius 1 is 1.12 bits per heavy atom. The van der Waals surface area contributed by atoms with Crippen LogP contribution in [0.1, 0.15) is 47.8 Å². The van der Waals surface area contributed by atoms with Crippen LogP contribution in [0.25, 0.3) is 11.3 Å². The van der Waals surface area contributed by atoms with Crippen LogP contribution in [0, 0.1) is 25.7 Å². The molecular formula is C28H30N4O. The molecule has 1 aliphatic heterocycles. The van der Waals surface area contributed by atoms with Crippen molar-refractivity contribution in [1.82, 2.24) is 14.9 Å². The van der Waals surface area contributed by atoms with E-state index >= 15 is 0 Å². The number of hydrogen-bond donors (Lipinski definition) is 0. The van der Waals surface area contributed by atoms with Gasteiger partial charge >= 0.3 is 0 Å². The third-order valence-corrected chi connectivity index (χ3v) is 6.87. The van der Waals surface area contributed by atoms with Crippen LogP contribution in [-0.4, -0.2) is 39.6 Å². The number of benzene rings is 1. The molecule has 1 aromatic carbocycles. The number of carbonyl (C=O) groups excluding carboxylic acids is 1. The molecule has 3 aliphatic rings. The fourth-order valence-electron chi connectivity index (χ4n) is 4.50. The number of amides is 1. The molecule has 33 heavy (non-hydrogen) atoms. The van der Waals surface area contributed by atoms with Crippen molar-refractivity contribution >= 4 is 11.6 Å². The van der Waals surface area contributed by atoms with Crippen molar-refractivity contribution in [3.8, 4) is 11.3 Å². The molecule has 0 saturated heterocycles. The number of hydrogen-bond acceptors (Lipinski definition) is 4. The Morgan fingerprint density at radius 2 is 1.94 bits per heavy atom. The smallest absolute Gasteiger partial charge is 0.274 e. The summed E-state index contributed by atoms with van der Waals surface area (Å²) in [4.78, 5) is 29.4. The summed E-state index contributed by atoms with van der Waals surface area (Å²) in [6.45, 7) is 7.77. The molecule has 2 heterocycles. The predicted octanol–water partition coefficient (Wildman–Crippen LogP) is 5.47. The van der Waals surface area contributed by atoms with Gasteiger partial charge in [-0.05, 0) is 61.8 Å². The van der Waals surface area contributed by atoms with Gasteiger partial charge in [0, 0.05) is 48.7 Å². The highest BCUT2D eigenvalue weighted by atomic mass is 16.2. The average Bonchev–Trinajstić information content (AvgIpc) is 3.55. The van der Waals surface area contributed by atoms with Gasteiger partial charge in [0.15, 0.2) is 5.69 Å². The fraction of sp³-hybridized carbons (Fsp3) is 0.357. The van der Waals surface area contributed by atoms with E-state index in [4.69, 9.17) is 0 Å². The molecule has 1 unspecified atom stereocenters. The predicted molar refractivity (Wildman–Crippen MR) is 132 cm³/mol. The number of rotatable bonds is 7. The Hall–Kier alpha value is -3.34. The molecule has 0 radical (unpaired) electrons. The molecule has 2 aliphatic carbocycles. The van der Waals surface area contributed by atoms with Crippen molar-refractivity contribution < 1.29 is 4.79 Å². The van der Waals surface area contributed by atoms with Gasteiger partial charge in [-0.15, -0.1) is 0 Å². The van der Waals surface area contributed by atoms with E-state index in [-0.39, 0.29) is 5.91 Å². The summed E-state index contributed by atoms with van der Waals surface area (Å²) in [7, 11) is 0. The van der Waals surface area contributed by atoms with Crippen molar-refractivity contribution in [1.29, 1.82) is 0 Å². The summed E-state index contributed by atoms with van der Waals surface area (Å²) >= 11 is 0. The molecule has 1 fully saturated rings. The second kappa shape index (κ2) is 8.89. The van der Waals surface area contributed by atoms with Crippen LogP contribution in [0.2, 0.25) is 0 Å². The molecule has 1 aromatic heterocycles. The Morgan fingerprint density at radius 3 is 2.73 bits per heavy atom. The lowest BCUT2D eigenvalue weighted by Gasteiger charge is -2.24. The van der Waals surface area contributed by atoms with Crippen molar-refractivity contribution in [2.24, 2.45) is 16.8 Å².